The van der Waals surface area contributed by atoms with Crippen LogP contribution in [0.2, 0.25) is 0 Å². The predicted octanol–water partition coefficient (Wildman–Crippen LogP) is 2.82. The Kier molecular flexibility index (Phi) is 5.38. The lowest BCUT2D eigenvalue weighted by molar-refractivity contribution is 0.482. The lowest BCUT2D eigenvalue weighted by Gasteiger charge is -2.17. The quantitative estimate of drug-likeness (QED) is 0.638. The minimum Gasteiger partial charge on any atom is -0.368 e. The van der Waals surface area contributed by atoms with Crippen molar-refractivity contribution in [3.05, 3.63) is 53.3 Å². The molecule has 1 aliphatic carbocycles. The Morgan fingerprint density at radius 3 is 2.75 bits per heavy atom. The van der Waals surface area contributed by atoms with Gasteiger partial charge in [0.1, 0.15) is 10.0 Å². The zero-order valence-corrected chi connectivity index (χ0v) is 17.1. The van der Waals surface area contributed by atoms with Gasteiger partial charge in [-0.3, -0.25) is 4.98 Å². The van der Waals surface area contributed by atoms with Gasteiger partial charge in [0.2, 0.25) is 0 Å². The Labute approximate surface area is 168 Å². The molecule has 1 aliphatic rings. The van der Waals surface area contributed by atoms with Gasteiger partial charge in [-0.15, -0.1) is 11.3 Å². The molecule has 0 radical (unpaired) electrons. The number of rotatable bonds is 7. The Morgan fingerprint density at radius 1 is 1.18 bits per heavy atom. The summed E-state index contributed by atoms with van der Waals surface area (Å²) in [5.74, 6) is 1.47. The van der Waals surface area contributed by atoms with Crippen molar-refractivity contribution in [2.45, 2.75) is 23.5 Å². The van der Waals surface area contributed by atoms with E-state index in [0.29, 0.717) is 23.1 Å². The van der Waals surface area contributed by atoms with Gasteiger partial charge < -0.3 is 5.32 Å². The number of aryl methyl sites for hydroxylation is 1. The van der Waals surface area contributed by atoms with Crippen molar-refractivity contribution >= 4 is 27.2 Å². The SMILES string of the molecule is CN(CCNc1nc(-c2ccncc2)nc2c1CCC2)S(=O)(=O)c1cccs1. The van der Waals surface area contributed by atoms with Gasteiger partial charge in [0, 0.05) is 49.4 Å². The Bertz CT molecular complexity index is 1050. The Hall–Kier alpha value is -2.36. The number of likely N-dealkylation sites (N-methyl/N-ethyl adjacent to an activating group) is 1. The highest BCUT2D eigenvalue weighted by molar-refractivity contribution is 7.91. The molecule has 0 bridgehead atoms. The fourth-order valence-corrected chi connectivity index (χ4v) is 5.60. The summed E-state index contributed by atoms with van der Waals surface area (Å²) >= 11 is 1.23. The van der Waals surface area contributed by atoms with Crippen LogP contribution in [0.25, 0.3) is 11.4 Å². The number of hydrogen-bond donors (Lipinski definition) is 1. The van der Waals surface area contributed by atoms with E-state index in [0.717, 1.165) is 41.9 Å². The molecule has 28 heavy (non-hydrogen) atoms. The normalized spacial score (nSPS) is 13.6. The van der Waals surface area contributed by atoms with E-state index >= 15 is 0 Å². The van der Waals surface area contributed by atoms with Gasteiger partial charge in [-0.25, -0.2) is 18.4 Å². The van der Waals surface area contributed by atoms with E-state index in [-0.39, 0.29) is 0 Å². The molecule has 4 rings (SSSR count). The summed E-state index contributed by atoms with van der Waals surface area (Å²) in [5.41, 5.74) is 3.13. The molecule has 9 heteroatoms. The number of sulfonamides is 1. The molecule has 0 fully saturated rings. The second-order valence-electron chi connectivity index (χ2n) is 6.60. The van der Waals surface area contributed by atoms with Crippen LogP contribution in [0.4, 0.5) is 5.82 Å². The summed E-state index contributed by atoms with van der Waals surface area (Å²) in [7, 11) is -1.84. The predicted molar refractivity (Wildman–Crippen MR) is 110 cm³/mol. The monoisotopic (exact) mass is 415 g/mol. The first kappa shape index (κ1) is 19.0. The van der Waals surface area contributed by atoms with E-state index in [2.05, 4.69) is 10.3 Å². The van der Waals surface area contributed by atoms with Crippen molar-refractivity contribution in [1.82, 2.24) is 19.3 Å². The fourth-order valence-electron chi connectivity index (χ4n) is 3.22. The van der Waals surface area contributed by atoms with Gasteiger partial charge in [0.05, 0.1) is 0 Å². The minimum atomic E-state index is -3.44. The number of nitrogens with zero attached hydrogens (tertiary/aromatic N) is 4. The van der Waals surface area contributed by atoms with Crippen LogP contribution in [0.3, 0.4) is 0 Å². The molecular formula is C19H21N5O2S2. The summed E-state index contributed by atoms with van der Waals surface area (Å²) in [6.45, 7) is 0.823. The van der Waals surface area contributed by atoms with Crippen LogP contribution in [0, 0.1) is 0 Å². The second-order valence-corrected chi connectivity index (χ2v) is 9.82. The lowest BCUT2D eigenvalue weighted by atomic mass is 10.2. The largest absolute Gasteiger partial charge is 0.368 e. The summed E-state index contributed by atoms with van der Waals surface area (Å²) in [6, 6.07) is 7.15. The Balaban J connectivity index is 1.50. The molecule has 0 atom stereocenters. The van der Waals surface area contributed by atoms with Crippen LogP contribution in [0.15, 0.2) is 46.2 Å². The van der Waals surface area contributed by atoms with Crippen LogP contribution in [-0.4, -0.2) is 47.8 Å². The number of pyridine rings is 1. The number of anilines is 1. The van der Waals surface area contributed by atoms with E-state index in [1.54, 1.807) is 37.0 Å². The molecule has 0 saturated carbocycles. The summed E-state index contributed by atoms with van der Waals surface area (Å²) in [5, 5.41) is 5.10. The molecule has 146 valence electrons. The van der Waals surface area contributed by atoms with Crippen LogP contribution in [0.1, 0.15) is 17.7 Å². The third-order valence-electron chi connectivity index (χ3n) is 4.75. The van der Waals surface area contributed by atoms with Crippen LogP contribution in [-0.2, 0) is 22.9 Å². The number of thiophene rings is 1. The first-order valence-electron chi connectivity index (χ1n) is 9.09. The van der Waals surface area contributed by atoms with E-state index < -0.39 is 10.0 Å². The van der Waals surface area contributed by atoms with E-state index in [9.17, 15) is 8.42 Å². The van der Waals surface area contributed by atoms with Crippen LogP contribution < -0.4 is 5.32 Å². The van der Waals surface area contributed by atoms with Crippen molar-refractivity contribution in [2.75, 3.05) is 25.5 Å². The van der Waals surface area contributed by atoms with Crippen LogP contribution in [0.5, 0.6) is 0 Å². The average molecular weight is 416 g/mol. The van der Waals surface area contributed by atoms with Crippen molar-refractivity contribution in [2.24, 2.45) is 0 Å². The molecule has 3 aromatic heterocycles. The van der Waals surface area contributed by atoms with Crippen molar-refractivity contribution in [1.29, 1.82) is 0 Å². The number of fused-ring (bicyclic) bond motifs is 1. The lowest BCUT2D eigenvalue weighted by Crippen LogP contribution is -2.31. The van der Waals surface area contributed by atoms with Crippen molar-refractivity contribution < 1.29 is 8.42 Å². The highest BCUT2D eigenvalue weighted by atomic mass is 32.2. The third kappa shape index (κ3) is 3.78. The van der Waals surface area contributed by atoms with Crippen molar-refractivity contribution in [3.8, 4) is 11.4 Å². The highest BCUT2D eigenvalue weighted by Crippen LogP contribution is 2.29. The third-order valence-corrected chi connectivity index (χ3v) is 7.98. The number of aromatic nitrogens is 3. The smallest absolute Gasteiger partial charge is 0.252 e. The first-order chi connectivity index (χ1) is 13.6. The summed E-state index contributed by atoms with van der Waals surface area (Å²) < 4.78 is 26.8. The molecule has 0 aliphatic heterocycles. The summed E-state index contributed by atoms with van der Waals surface area (Å²) in [6.07, 6.45) is 6.40. The number of hydrogen-bond acceptors (Lipinski definition) is 7. The zero-order chi connectivity index (χ0) is 19.6. The van der Waals surface area contributed by atoms with Gasteiger partial charge in [-0.1, -0.05) is 6.07 Å². The maximum Gasteiger partial charge on any atom is 0.252 e. The van der Waals surface area contributed by atoms with E-state index in [1.165, 1.54) is 15.6 Å². The summed E-state index contributed by atoms with van der Waals surface area (Å²) in [4.78, 5) is 13.5. The molecule has 1 N–H and O–H groups in total. The number of nitrogens with one attached hydrogen (secondary N) is 1. The average Bonchev–Trinajstić information content (AvgIpc) is 3.40. The molecule has 0 saturated heterocycles. The maximum absolute atomic E-state index is 12.5. The van der Waals surface area contributed by atoms with Gasteiger partial charge in [-0.05, 0) is 42.8 Å². The van der Waals surface area contributed by atoms with E-state index in [4.69, 9.17) is 9.97 Å². The van der Waals surface area contributed by atoms with Crippen LogP contribution >= 0.6 is 11.3 Å². The second kappa shape index (κ2) is 7.94. The van der Waals surface area contributed by atoms with Gasteiger partial charge in [0.25, 0.3) is 10.0 Å². The zero-order valence-electron chi connectivity index (χ0n) is 15.5. The van der Waals surface area contributed by atoms with Gasteiger partial charge in [-0.2, -0.15) is 4.31 Å². The molecule has 3 aromatic rings. The minimum absolute atomic E-state index is 0.351. The van der Waals surface area contributed by atoms with E-state index in [1.807, 2.05) is 12.1 Å². The Morgan fingerprint density at radius 2 is 2.00 bits per heavy atom. The maximum atomic E-state index is 12.5. The molecule has 0 unspecified atom stereocenters. The highest BCUT2D eigenvalue weighted by Gasteiger charge is 2.23. The molecule has 0 amide bonds. The first-order valence-corrected chi connectivity index (χ1v) is 11.4. The molecule has 3 heterocycles. The topological polar surface area (TPSA) is 88.1 Å². The molecule has 7 nitrogen and oxygen atoms in total. The van der Waals surface area contributed by atoms with Crippen molar-refractivity contribution in [3.63, 3.8) is 0 Å². The molecule has 0 aromatic carbocycles. The van der Waals surface area contributed by atoms with Gasteiger partial charge in [0.15, 0.2) is 5.82 Å². The van der Waals surface area contributed by atoms with Gasteiger partial charge >= 0.3 is 0 Å². The standard InChI is InChI=1S/C19H21N5O2S2/c1-24(28(25,26)17-6-3-13-27-17)12-11-21-19-15-4-2-5-16(15)22-18(23-19)14-7-9-20-10-8-14/h3,6-10,13H,2,4-5,11-12H2,1H3,(H,21,22,23). The fraction of sp³-hybridized carbons (Fsp3) is 0.316. The molecular weight excluding hydrogens is 394 g/mol. The molecule has 0 spiro atoms.